The maximum atomic E-state index is 12.8. The number of benzene rings is 1. The monoisotopic (exact) mass is 367 g/mol. The first-order valence-corrected chi connectivity index (χ1v) is 10.1. The predicted molar refractivity (Wildman–Crippen MR) is 105 cm³/mol. The molecule has 1 amide bonds. The lowest BCUT2D eigenvalue weighted by atomic mass is 9.85. The zero-order valence-corrected chi connectivity index (χ0v) is 16.1. The second-order valence-electron chi connectivity index (χ2n) is 7.94. The van der Waals surface area contributed by atoms with Crippen LogP contribution in [0.25, 0.3) is 0 Å². The average molecular weight is 367 g/mol. The molecule has 0 spiro atoms. The van der Waals surface area contributed by atoms with Crippen molar-refractivity contribution in [3.63, 3.8) is 0 Å². The number of amides is 1. The fourth-order valence-corrected chi connectivity index (χ4v) is 4.23. The van der Waals surface area contributed by atoms with Crippen molar-refractivity contribution in [2.45, 2.75) is 51.0 Å². The third-order valence-corrected chi connectivity index (χ3v) is 6.08. The lowest BCUT2D eigenvalue weighted by Gasteiger charge is -2.34. The highest BCUT2D eigenvalue weighted by Gasteiger charge is 2.28. The lowest BCUT2D eigenvalue weighted by molar-refractivity contribution is -0.131. The quantitative estimate of drug-likeness (QED) is 0.783. The van der Waals surface area contributed by atoms with E-state index in [1.807, 2.05) is 35.4 Å². The van der Waals surface area contributed by atoms with Crippen molar-refractivity contribution in [3.05, 3.63) is 48.0 Å². The van der Waals surface area contributed by atoms with Crippen LogP contribution in [0.1, 0.15) is 49.4 Å². The first kappa shape index (κ1) is 18.1. The maximum Gasteiger partial charge on any atom is 0.227 e. The molecule has 1 aliphatic heterocycles. The fourth-order valence-electron chi connectivity index (χ4n) is 4.23. The number of piperidine rings is 1. The van der Waals surface area contributed by atoms with Crippen LogP contribution in [0.5, 0.6) is 5.75 Å². The van der Waals surface area contributed by atoms with E-state index in [1.54, 1.807) is 7.11 Å². The molecule has 5 nitrogen and oxygen atoms in total. The number of carbonyl (C=O) groups is 1. The molecule has 1 aromatic carbocycles. The molecule has 1 atom stereocenters. The van der Waals surface area contributed by atoms with Crippen LogP contribution in [0.3, 0.4) is 0 Å². The SMILES string of the molecule is COc1ccc(CC(=O)N2CCC[C@H](c3nccn3CC3CCC3)C2)cc1. The number of likely N-dealkylation sites (tertiary alicyclic amines) is 1. The van der Waals surface area contributed by atoms with Gasteiger partial charge in [0.25, 0.3) is 0 Å². The third kappa shape index (κ3) is 4.18. The molecule has 144 valence electrons. The number of imidazole rings is 1. The minimum atomic E-state index is 0.210. The molecule has 1 saturated heterocycles. The van der Waals surface area contributed by atoms with Crippen LogP contribution in [0.15, 0.2) is 36.7 Å². The van der Waals surface area contributed by atoms with Gasteiger partial charge in [-0.1, -0.05) is 18.6 Å². The van der Waals surface area contributed by atoms with Gasteiger partial charge < -0.3 is 14.2 Å². The number of aromatic nitrogens is 2. The van der Waals surface area contributed by atoms with Crippen molar-refractivity contribution in [3.8, 4) is 5.75 Å². The number of rotatable bonds is 6. The third-order valence-electron chi connectivity index (χ3n) is 6.08. The van der Waals surface area contributed by atoms with Gasteiger partial charge in [-0.05, 0) is 49.3 Å². The van der Waals surface area contributed by atoms with Gasteiger partial charge in [-0.2, -0.15) is 0 Å². The van der Waals surface area contributed by atoms with E-state index in [1.165, 1.54) is 25.1 Å². The molecule has 0 N–H and O–H groups in total. The standard InChI is InChI=1S/C22H29N3O2/c1-27-20-9-7-17(8-10-20)14-21(26)24-12-3-6-19(16-24)22-23-11-13-25(22)15-18-4-2-5-18/h7-11,13,18-19H,2-6,12,14-16H2,1H3/t19-/m0/s1. The van der Waals surface area contributed by atoms with Crippen LogP contribution in [-0.2, 0) is 17.8 Å². The Bertz CT molecular complexity index is 764. The minimum Gasteiger partial charge on any atom is -0.497 e. The van der Waals surface area contributed by atoms with Crippen LogP contribution < -0.4 is 4.74 Å². The van der Waals surface area contributed by atoms with E-state index in [0.29, 0.717) is 12.3 Å². The molecular weight excluding hydrogens is 338 g/mol. The smallest absolute Gasteiger partial charge is 0.227 e. The van der Waals surface area contributed by atoms with Crippen molar-refractivity contribution in [2.75, 3.05) is 20.2 Å². The summed E-state index contributed by atoms with van der Waals surface area (Å²) in [6.07, 6.45) is 10.7. The Morgan fingerprint density at radius 2 is 2.00 bits per heavy atom. The first-order chi connectivity index (χ1) is 13.2. The second-order valence-corrected chi connectivity index (χ2v) is 7.94. The van der Waals surface area contributed by atoms with Crippen molar-refractivity contribution in [2.24, 2.45) is 5.92 Å². The van der Waals surface area contributed by atoms with Gasteiger partial charge in [0.15, 0.2) is 0 Å². The largest absolute Gasteiger partial charge is 0.497 e. The van der Waals surface area contributed by atoms with Gasteiger partial charge in [0.1, 0.15) is 11.6 Å². The molecule has 1 saturated carbocycles. The van der Waals surface area contributed by atoms with E-state index < -0.39 is 0 Å². The lowest BCUT2D eigenvalue weighted by Crippen LogP contribution is -2.40. The molecule has 2 fully saturated rings. The number of ether oxygens (including phenoxy) is 1. The van der Waals surface area contributed by atoms with Crippen LogP contribution in [0, 0.1) is 5.92 Å². The molecule has 0 bridgehead atoms. The molecule has 2 heterocycles. The number of methoxy groups -OCH3 is 1. The van der Waals surface area contributed by atoms with Crippen molar-refractivity contribution in [1.82, 2.24) is 14.5 Å². The van der Waals surface area contributed by atoms with Crippen LogP contribution in [-0.4, -0.2) is 40.6 Å². The summed E-state index contributed by atoms with van der Waals surface area (Å²) in [5.41, 5.74) is 1.04. The summed E-state index contributed by atoms with van der Waals surface area (Å²) in [6, 6.07) is 7.78. The second kappa shape index (κ2) is 8.15. The van der Waals surface area contributed by atoms with Gasteiger partial charge >= 0.3 is 0 Å². The Morgan fingerprint density at radius 3 is 2.70 bits per heavy atom. The van der Waals surface area contributed by atoms with Gasteiger partial charge in [-0.25, -0.2) is 4.98 Å². The Labute approximate surface area is 161 Å². The molecule has 5 heteroatoms. The van der Waals surface area contributed by atoms with E-state index in [9.17, 15) is 4.79 Å². The molecule has 1 aromatic heterocycles. The normalized spacial score (nSPS) is 20.3. The van der Waals surface area contributed by atoms with Crippen molar-refractivity contribution >= 4 is 5.91 Å². The summed E-state index contributed by atoms with van der Waals surface area (Å²) in [4.78, 5) is 19.5. The number of carbonyl (C=O) groups excluding carboxylic acids is 1. The number of nitrogens with zero attached hydrogens (tertiary/aromatic N) is 3. The predicted octanol–water partition coefficient (Wildman–Crippen LogP) is 3.64. The van der Waals surface area contributed by atoms with Crippen molar-refractivity contribution < 1.29 is 9.53 Å². The summed E-state index contributed by atoms with van der Waals surface area (Å²) in [5.74, 6) is 3.37. The van der Waals surface area contributed by atoms with Gasteiger partial charge in [0.2, 0.25) is 5.91 Å². The van der Waals surface area contributed by atoms with Gasteiger partial charge in [0.05, 0.1) is 13.5 Å². The van der Waals surface area contributed by atoms with Crippen LogP contribution in [0.2, 0.25) is 0 Å². The molecule has 4 rings (SSSR count). The highest BCUT2D eigenvalue weighted by molar-refractivity contribution is 5.79. The topological polar surface area (TPSA) is 47.4 Å². The molecule has 27 heavy (non-hydrogen) atoms. The molecule has 0 unspecified atom stereocenters. The zero-order chi connectivity index (χ0) is 18.6. The van der Waals surface area contributed by atoms with Gasteiger partial charge in [-0.15, -0.1) is 0 Å². The van der Waals surface area contributed by atoms with E-state index in [4.69, 9.17) is 4.74 Å². The summed E-state index contributed by atoms with van der Waals surface area (Å²) in [5, 5.41) is 0. The number of hydrogen-bond donors (Lipinski definition) is 0. The summed E-state index contributed by atoms with van der Waals surface area (Å²) < 4.78 is 7.53. The molecular formula is C22H29N3O2. The first-order valence-electron chi connectivity index (χ1n) is 10.1. The summed E-state index contributed by atoms with van der Waals surface area (Å²) in [7, 11) is 1.66. The molecule has 2 aliphatic rings. The van der Waals surface area contributed by atoms with Gasteiger partial charge in [-0.3, -0.25) is 4.79 Å². The van der Waals surface area contributed by atoms with E-state index in [-0.39, 0.29) is 5.91 Å². The van der Waals surface area contributed by atoms with E-state index in [2.05, 4.69) is 15.7 Å². The molecule has 0 radical (unpaired) electrons. The fraction of sp³-hybridized carbons (Fsp3) is 0.545. The van der Waals surface area contributed by atoms with Gasteiger partial charge in [0, 0.05) is 37.9 Å². The molecule has 1 aliphatic carbocycles. The Morgan fingerprint density at radius 1 is 1.19 bits per heavy atom. The average Bonchev–Trinajstić information content (AvgIpc) is 3.14. The highest BCUT2D eigenvalue weighted by Crippen LogP contribution is 2.31. The number of hydrogen-bond acceptors (Lipinski definition) is 3. The minimum absolute atomic E-state index is 0.210. The van der Waals surface area contributed by atoms with E-state index in [0.717, 1.165) is 49.7 Å². The molecule has 2 aromatic rings. The van der Waals surface area contributed by atoms with E-state index >= 15 is 0 Å². The van der Waals surface area contributed by atoms with Crippen LogP contribution >= 0.6 is 0 Å². The summed E-state index contributed by atoms with van der Waals surface area (Å²) >= 11 is 0. The van der Waals surface area contributed by atoms with Crippen LogP contribution in [0.4, 0.5) is 0 Å². The Hall–Kier alpha value is -2.30. The summed E-state index contributed by atoms with van der Waals surface area (Å²) in [6.45, 7) is 2.73. The Balaban J connectivity index is 1.38. The highest BCUT2D eigenvalue weighted by atomic mass is 16.5. The zero-order valence-electron chi connectivity index (χ0n) is 16.1. The van der Waals surface area contributed by atoms with Crippen molar-refractivity contribution in [1.29, 1.82) is 0 Å². The Kier molecular flexibility index (Phi) is 5.46. The maximum absolute atomic E-state index is 12.8.